The second-order valence-corrected chi connectivity index (χ2v) is 3.54. The first-order valence-electron chi connectivity index (χ1n) is 4.94. The molecule has 0 radical (unpaired) electrons. The highest BCUT2D eigenvalue weighted by atomic mass is 19.1. The van der Waals surface area contributed by atoms with Crippen LogP contribution >= 0.6 is 0 Å². The fourth-order valence-electron chi connectivity index (χ4n) is 1.56. The molecular formula is C13H9F2NO. The van der Waals surface area contributed by atoms with E-state index in [9.17, 15) is 13.6 Å². The molecule has 0 unspecified atom stereocenters. The standard InChI is InChI=1S/C13H9F2NO/c14-11-4-2-1-3-9(11)10-7-8(13(16)17)5-6-12(10)15/h1-7H,(H2,16,17). The van der Waals surface area contributed by atoms with Crippen LogP contribution in [-0.2, 0) is 0 Å². The fourth-order valence-corrected chi connectivity index (χ4v) is 1.56. The smallest absolute Gasteiger partial charge is 0.248 e. The van der Waals surface area contributed by atoms with Gasteiger partial charge in [0.15, 0.2) is 0 Å². The number of hydrogen-bond acceptors (Lipinski definition) is 1. The van der Waals surface area contributed by atoms with Crippen molar-refractivity contribution in [2.24, 2.45) is 5.73 Å². The molecule has 0 aliphatic carbocycles. The van der Waals surface area contributed by atoms with E-state index in [4.69, 9.17) is 5.73 Å². The van der Waals surface area contributed by atoms with E-state index in [0.717, 1.165) is 6.07 Å². The van der Waals surface area contributed by atoms with Gasteiger partial charge in [0, 0.05) is 16.7 Å². The van der Waals surface area contributed by atoms with Crippen molar-refractivity contribution < 1.29 is 13.6 Å². The molecule has 0 saturated heterocycles. The molecule has 2 aromatic carbocycles. The van der Waals surface area contributed by atoms with Crippen LogP contribution in [-0.4, -0.2) is 5.91 Å². The first-order valence-corrected chi connectivity index (χ1v) is 4.94. The van der Waals surface area contributed by atoms with Crippen LogP contribution in [0.5, 0.6) is 0 Å². The Kier molecular flexibility index (Phi) is 2.87. The summed E-state index contributed by atoms with van der Waals surface area (Å²) < 4.78 is 27.1. The predicted molar refractivity (Wildman–Crippen MR) is 60.3 cm³/mol. The lowest BCUT2D eigenvalue weighted by atomic mass is 10.0. The van der Waals surface area contributed by atoms with Crippen LogP contribution in [0.1, 0.15) is 10.4 Å². The first-order chi connectivity index (χ1) is 8.09. The minimum absolute atomic E-state index is 0.0272. The van der Waals surface area contributed by atoms with Crippen LogP contribution in [0.4, 0.5) is 8.78 Å². The molecule has 2 nitrogen and oxygen atoms in total. The highest BCUT2D eigenvalue weighted by Crippen LogP contribution is 2.26. The number of carbonyl (C=O) groups excluding carboxylic acids is 1. The molecule has 1 amide bonds. The average molecular weight is 233 g/mol. The molecule has 0 aliphatic rings. The quantitative estimate of drug-likeness (QED) is 0.851. The van der Waals surface area contributed by atoms with Gasteiger partial charge >= 0.3 is 0 Å². The third-order valence-electron chi connectivity index (χ3n) is 2.41. The summed E-state index contributed by atoms with van der Waals surface area (Å²) in [5.41, 5.74) is 5.37. The predicted octanol–water partition coefficient (Wildman–Crippen LogP) is 2.73. The van der Waals surface area contributed by atoms with Gasteiger partial charge in [-0.25, -0.2) is 8.78 Å². The van der Waals surface area contributed by atoms with Crippen LogP contribution in [0.25, 0.3) is 11.1 Å². The molecule has 0 heterocycles. The summed E-state index contributed by atoms with van der Waals surface area (Å²) in [4.78, 5) is 11.0. The van der Waals surface area contributed by atoms with Gasteiger partial charge in [-0.05, 0) is 24.3 Å². The molecule has 2 aromatic rings. The van der Waals surface area contributed by atoms with Gasteiger partial charge < -0.3 is 5.73 Å². The van der Waals surface area contributed by atoms with Crippen molar-refractivity contribution >= 4 is 5.91 Å². The molecule has 0 atom stereocenters. The van der Waals surface area contributed by atoms with Crippen molar-refractivity contribution in [2.45, 2.75) is 0 Å². The minimum atomic E-state index is -0.678. The van der Waals surface area contributed by atoms with Gasteiger partial charge in [-0.1, -0.05) is 18.2 Å². The van der Waals surface area contributed by atoms with E-state index >= 15 is 0 Å². The number of hydrogen-bond donors (Lipinski definition) is 1. The molecule has 0 aromatic heterocycles. The maximum atomic E-state index is 13.6. The fraction of sp³-hybridized carbons (Fsp3) is 0. The van der Waals surface area contributed by atoms with Crippen molar-refractivity contribution in [1.29, 1.82) is 0 Å². The summed E-state index contributed by atoms with van der Waals surface area (Å²) in [6.45, 7) is 0. The molecular weight excluding hydrogens is 224 g/mol. The maximum Gasteiger partial charge on any atom is 0.248 e. The van der Waals surface area contributed by atoms with Gasteiger partial charge in [0.1, 0.15) is 11.6 Å². The maximum absolute atomic E-state index is 13.6. The highest BCUT2D eigenvalue weighted by molar-refractivity contribution is 5.94. The SMILES string of the molecule is NC(=O)c1ccc(F)c(-c2ccccc2F)c1. The average Bonchev–Trinajstić information content (AvgIpc) is 2.30. The van der Waals surface area contributed by atoms with Crippen molar-refractivity contribution in [3.05, 3.63) is 59.7 Å². The van der Waals surface area contributed by atoms with Crippen LogP contribution in [0.15, 0.2) is 42.5 Å². The summed E-state index contributed by atoms with van der Waals surface area (Å²) >= 11 is 0. The van der Waals surface area contributed by atoms with E-state index in [-0.39, 0.29) is 16.7 Å². The topological polar surface area (TPSA) is 43.1 Å². The number of benzene rings is 2. The van der Waals surface area contributed by atoms with E-state index in [0.29, 0.717) is 0 Å². The van der Waals surface area contributed by atoms with Gasteiger partial charge in [-0.3, -0.25) is 4.79 Å². The van der Waals surface area contributed by atoms with E-state index in [2.05, 4.69) is 0 Å². The van der Waals surface area contributed by atoms with Gasteiger partial charge in [0.2, 0.25) is 5.91 Å². The Bertz CT molecular complexity index is 581. The number of carbonyl (C=O) groups is 1. The zero-order chi connectivity index (χ0) is 12.4. The van der Waals surface area contributed by atoms with E-state index in [1.807, 2.05) is 0 Å². The van der Waals surface area contributed by atoms with Crippen LogP contribution in [0.2, 0.25) is 0 Å². The molecule has 17 heavy (non-hydrogen) atoms. The Labute approximate surface area is 96.7 Å². The molecule has 2 rings (SSSR count). The van der Waals surface area contributed by atoms with Crippen molar-refractivity contribution in [1.82, 2.24) is 0 Å². The Morgan fingerprint density at radius 2 is 1.59 bits per heavy atom. The Balaban J connectivity index is 2.63. The Hall–Kier alpha value is -2.23. The molecule has 0 fully saturated rings. The summed E-state index contributed by atoms with van der Waals surface area (Å²) in [6.07, 6.45) is 0. The van der Waals surface area contributed by atoms with Gasteiger partial charge in [0.05, 0.1) is 0 Å². The molecule has 0 spiro atoms. The van der Waals surface area contributed by atoms with Crippen LogP contribution in [0, 0.1) is 11.6 Å². The Morgan fingerprint density at radius 1 is 0.941 bits per heavy atom. The lowest BCUT2D eigenvalue weighted by Gasteiger charge is -2.06. The normalized spacial score (nSPS) is 10.2. The summed E-state index contributed by atoms with van der Waals surface area (Å²) in [5.74, 6) is -1.82. The van der Waals surface area contributed by atoms with Crippen LogP contribution < -0.4 is 5.73 Å². The summed E-state index contributed by atoms with van der Waals surface area (Å²) in [7, 11) is 0. The van der Waals surface area contributed by atoms with Gasteiger partial charge in [-0.2, -0.15) is 0 Å². The lowest BCUT2D eigenvalue weighted by molar-refractivity contribution is 0.100. The number of nitrogens with two attached hydrogens (primary N) is 1. The third-order valence-corrected chi connectivity index (χ3v) is 2.41. The minimum Gasteiger partial charge on any atom is -0.366 e. The largest absolute Gasteiger partial charge is 0.366 e. The van der Waals surface area contributed by atoms with E-state index in [1.165, 1.54) is 30.3 Å². The second-order valence-electron chi connectivity index (χ2n) is 3.54. The summed E-state index contributed by atoms with van der Waals surface area (Å²) in [5, 5.41) is 0. The van der Waals surface area contributed by atoms with Crippen molar-refractivity contribution in [3.63, 3.8) is 0 Å². The number of primary amides is 1. The van der Waals surface area contributed by atoms with Gasteiger partial charge in [0.25, 0.3) is 0 Å². The highest BCUT2D eigenvalue weighted by Gasteiger charge is 2.11. The Morgan fingerprint density at radius 3 is 2.24 bits per heavy atom. The summed E-state index contributed by atoms with van der Waals surface area (Å²) in [6, 6.07) is 9.38. The van der Waals surface area contributed by atoms with Crippen LogP contribution in [0.3, 0.4) is 0 Å². The van der Waals surface area contributed by atoms with Crippen molar-refractivity contribution in [2.75, 3.05) is 0 Å². The molecule has 2 N–H and O–H groups in total. The number of amides is 1. The number of halogens is 2. The third kappa shape index (κ3) is 2.15. The molecule has 0 bridgehead atoms. The van der Waals surface area contributed by atoms with E-state index < -0.39 is 17.5 Å². The molecule has 0 aliphatic heterocycles. The lowest BCUT2D eigenvalue weighted by Crippen LogP contribution is -2.11. The molecule has 0 saturated carbocycles. The zero-order valence-electron chi connectivity index (χ0n) is 8.78. The van der Waals surface area contributed by atoms with Crippen molar-refractivity contribution in [3.8, 4) is 11.1 Å². The zero-order valence-corrected chi connectivity index (χ0v) is 8.78. The first kappa shape index (κ1) is 11.3. The molecule has 86 valence electrons. The monoisotopic (exact) mass is 233 g/mol. The van der Waals surface area contributed by atoms with E-state index in [1.54, 1.807) is 6.07 Å². The molecule has 4 heteroatoms. The second kappa shape index (κ2) is 4.33. The number of rotatable bonds is 2. The van der Waals surface area contributed by atoms with Gasteiger partial charge in [-0.15, -0.1) is 0 Å².